The molecule has 2 aromatic rings. The maximum atomic E-state index is 13.3. The first-order chi connectivity index (χ1) is 16.5. The van der Waals surface area contributed by atoms with Crippen molar-refractivity contribution in [2.45, 2.75) is 45.2 Å². The molecule has 1 aromatic heterocycles. The molecule has 1 aromatic carbocycles. The van der Waals surface area contributed by atoms with Crippen molar-refractivity contribution in [2.75, 3.05) is 32.8 Å². The number of rotatable bonds is 8. The van der Waals surface area contributed by atoms with E-state index in [1.54, 1.807) is 13.1 Å². The minimum atomic E-state index is -0.421. The molecule has 2 fully saturated rings. The summed E-state index contributed by atoms with van der Waals surface area (Å²) in [6.07, 6.45) is 6.59. The fourth-order valence-corrected chi connectivity index (χ4v) is 5.30. The van der Waals surface area contributed by atoms with E-state index < -0.39 is 6.09 Å². The normalized spacial score (nSPS) is 18.8. The summed E-state index contributed by atoms with van der Waals surface area (Å²) in [7, 11) is 0. The quantitative estimate of drug-likeness (QED) is 0.600. The van der Waals surface area contributed by atoms with Gasteiger partial charge in [-0.2, -0.15) is 0 Å². The molecule has 2 amide bonds. The van der Waals surface area contributed by atoms with Crippen LogP contribution in [0.1, 0.15) is 49.8 Å². The lowest BCUT2D eigenvalue weighted by Gasteiger charge is -2.38. The Morgan fingerprint density at radius 1 is 1.21 bits per heavy atom. The molecule has 34 heavy (non-hydrogen) atoms. The Balaban J connectivity index is 1.32. The van der Waals surface area contributed by atoms with Crippen LogP contribution in [0, 0.1) is 5.41 Å². The van der Waals surface area contributed by atoms with Gasteiger partial charge >= 0.3 is 6.09 Å². The highest BCUT2D eigenvalue weighted by Crippen LogP contribution is 2.42. The van der Waals surface area contributed by atoms with Crippen molar-refractivity contribution < 1.29 is 14.3 Å². The molecule has 8 heteroatoms. The average Bonchev–Trinajstić information content (AvgIpc) is 3.13. The average molecular weight is 485 g/mol. The number of likely N-dealkylation sites (tertiary alicyclic amines) is 2. The number of alkyl carbamates (subject to hydrolysis) is 1. The molecule has 0 saturated carbocycles. The Morgan fingerprint density at radius 2 is 2.00 bits per heavy atom. The van der Waals surface area contributed by atoms with Crippen LogP contribution in [0.4, 0.5) is 4.79 Å². The summed E-state index contributed by atoms with van der Waals surface area (Å²) in [6, 6.07) is 11.3. The summed E-state index contributed by atoms with van der Waals surface area (Å²) >= 11 is 6.19. The van der Waals surface area contributed by atoms with E-state index in [9.17, 15) is 9.59 Å². The summed E-state index contributed by atoms with van der Waals surface area (Å²) in [5.41, 5.74) is 1.81. The smallest absolute Gasteiger partial charge is 0.407 e. The summed E-state index contributed by atoms with van der Waals surface area (Å²) in [5, 5.41) is 3.62. The molecule has 1 N–H and O–H groups in total. The zero-order valence-electron chi connectivity index (χ0n) is 19.7. The second-order valence-electron chi connectivity index (χ2n) is 9.22. The molecule has 0 bridgehead atoms. The monoisotopic (exact) mass is 484 g/mol. The molecular formula is C26H33ClN4O3. The lowest BCUT2D eigenvalue weighted by atomic mass is 9.77. The summed E-state index contributed by atoms with van der Waals surface area (Å²) in [6.45, 7) is 6.16. The van der Waals surface area contributed by atoms with Crippen LogP contribution in [0.25, 0.3) is 0 Å². The topological polar surface area (TPSA) is 74.8 Å². The maximum absolute atomic E-state index is 13.3. The van der Waals surface area contributed by atoms with Gasteiger partial charge in [-0.1, -0.05) is 29.8 Å². The zero-order valence-corrected chi connectivity index (χ0v) is 20.5. The van der Waals surface area contributed by atoms with Crippen molar-refractivity contribution in [1.29, 1.82) is 0 Å². The summed E-state index contributed by atoms with van der Waals surface area (Å²) in [4.78, 5) is 33.9. The van der Waals surface area contributed by atoms with E-state index in [0.717, 1.165) is 63.0 Å². The fraction of sp³-hybridized carbons (Fsp3) is 0.500. The standard InChI is InChI=1S/C26H33ClN4O3/c1-2-34-25(33)29-23(21-6-3-7-22(27)17-21)8-13-30-14-9-26(10-15-30)11-16-31(24(26)32)19-20-5-4-12-28-18-20/h3-7,12,17-18,23H,2,8-11,13-16,19H2,1H3,(H,29,33). The van der Waals surface area contributed by atoms with Gasteiger partial charge in [-0.05, 0) is 75.0 Å². The van der Waals surface area contributed by atoms with Crippen LogP contribution >= 0.6 is 11.6 Å². The summed E-state index contributed by atoms with van der Waals surface area (Å²) in [5.74, 6) is 0.289. The highest BCUT2D eigenvalue weighted by atomic mass is 35.5. The van der Waals surface area contributed by atoms with E-state index in [-0.39, 0.29) is 17.4 Å². The van der Waals surface area contributed by atoms with E-state index in [2.05, 4.69) is 15.2 Å². The zero-order chi connectivity index (χ0) is 24.0. The molecule has 1 unspecified atom stereocenters. The van der Waals surface area contributed by atoms with Crippen molar-refractivity contribution in [3.05, 3.63) is 64.9 Å². The number of amides is 2. The van der Waals surface area contributed by atoms with Crippen molar-refractivity contribution in [3.8, 4) is 0 Å². The molecule has 7 nitrogen and oxygen atoms in total. The molecule has 1 spiro atoms. The van der Waals surface area contributed by atoms with Crippen LogP contribution in [-0.2, 0) is 16.1 Å². The summed E-state index contributed by atoms with van der Waals surface area (Å²) < 4.78 is 5.10. The molecule has 1 atom stereocenters. The first kappa shape index (κ1) is 24.5. The number of hydrogen-bond donors (Lipinski definition) is 1. The Kier molecular flexibility index (Phi) is 8.06. The number of carbonyl (C=O) groups excluding carboxylic acids is 2. The predicted molar refractivity (Wildman–Crippen MR) is 131 cm³/mol. The van der Waals surface area contributed by atoms with Crippen LogP contribution < -0.4 is 5.32 Å². The number of hydrogen-bond acceptors (Lipinski definition) is 5. The van der Waals surface area contributed by atoms with Crippen molar-refractivity contribution in [2.24, 2.45) is 5.41 Å². The Bertz CT molecular complexity index is 979. The second-order valence-corrected chi connectivity index (χ2v) is 9.66. The molecular weight excluding hydrogens is 452 g/mol. The van der Waals surface area contributed by atoms with Crippen LogP contribution in [0.5, 0.6) is 0 Å². The molecule has 3 heterocycles. The van der Waals surface area contributed by atoms with Crippen molar-refractivity contribution >= 4 is 23.6 Å². The van der Waals surface area contributed by atoms with Gasteiger partial charge < -0.3 is 19.9 Å². The number of benzene rings is 1. The Morgan fingerprint density at radius 3 is 2.71 bits per heavy atom. The largest absolute Gasteiger partial charge is 0.450 e. The van der Waals surface area contributed by atoms with Gasteiger partial charge in [0.1, 0.15) is 0 Å². The number of halogens is 1. The second kappa shape index (κ2) is 11.2. The van der Waals surface area contributed by atoms with Crippen molar-refractivity contribution in [3.63, 3.8) is 0 Å². The molecule has 0 radical (unpaired) electrons. The van der Waals surface area contributed by atoms with Crippen LogP contribution in [0.2, 0.25) is 5.02 Å². The first-order valence-electron chi connectivity index (χ1n) is 12.1. The minimum absolute atomic E-state index is 0.184. The van der Waals surface area contributed by atoms with Gasteiger partial charge in [0, 0.05) is 37.1 Å². The number of piperidine rings is 1. The van der Waals surface area contributed by atoms with E-state index in [4.69, 9.17) is 16.3 Å². The third-order valence-electron chi connectivity index (χ3n) is 7.06. The number of nitrogens with zero attached hydrogens (tertiary/aromatic N) is 3. The molecule has 0 aliphatic carbocycles. The van der Waals surface area contributed by atoms with Gasteiger partial charge in [-0.15, -0.1) is 0 Å². The van der Waals surface area contributed by atoms with Crippen LogP contribution in [0.3, 0.4) is 0 Å². The van der Waals surface area contributed by atoms with Gasteiger partial charge in [0.2, 0.25) is 5.91 Å². The van der Waals surface area contributed by atoms with E-state index >= 15 is 0 Å². The fourth-order valence-electron chi connectivity index (χ4n) is 5.10. The molecule has 2 aliphatic heterocycles. The van der Waals surface area contributed by atoms with Crippen LogP contribution in [0.15, 0.2) is 48.8 Å². The Labute approximate surface area is 206 Å². The maximum Gasteiger partial charge on any atom is 0.407 e. The third-order valence-corrected chi connectivity index (χ3v) is 7.30. The first-order valence-corrected chi connectivity index (χ1v) is 12.5. The van der Waals surface area contributed by atoms with Crippen LogP contribution in [-0.4, -0.2) is 59.6 Å². The van der Waals surface area contributed by atoms with E-state index in [1.807, 2.05) is 47.5 Å². The molecule has 2 aliphatic rings. The molecule has 2 saturated heterocycles. The number of carbonyl (C=O) groups is 2. The number of pyridine rings is 1. The lowest BCUT2D eigenvalue weighted by Crippen LogP contribution is -2.45. The molecule has 4 rings (SSSR count). The van der Waals surface area contributed by atoms with Crippen molar-refractivity contribution in [1.82, 2.24) is 20.1 Å². The van der Waals surface area contributed by atoms with E-state index in [0.29, 0.717) is 18.2 Å². The number of ether oxygens (including phenoxy) is 1. The number of aromatic nitrogens is 1. The highest BCUT2D eigenvalue weighted by molar-refractivity contribution is 6.30. The lowest BCUT2D eigenvalue weighted by molar-refractivity contribution is -0.138. The predicted octanol–water partition coefficient (Wildman–Crippen LogP) is 4.43. The highest BCUT2D eigenvalue weighted by Gasteiger charge is 2.47. The molecule has 182 valence electrons. The van der Waals surface area contributed by atoms with E-state index in [1.165, 1.54) is 0 Å². The van der Waals surface area contributed by atoms with Gasteiger partial charge in [-0.3, -0.25) is 9.78 Å². The van der Waals surface area contributed by atoms with Gasteiger partial charge in [0.25, 0.3) is 0 Å². The SMILES string of the molecule is CCOC(=O)NC(CCN1CCC2(CC1)CCN(Cc1cccnc1)C2=O)c1cccc(Cl)c1. The van der Waals surface area contributed by atoms with Gasteiger partial charge in [-0.25, -0.2) is 4.79 Å². The third kappa shape index (κ3) is 5.88. The minimum Gasteiger partial charge on any atom is -0.450 e. The Hall–Kier alpha value is -2.64. The van der Waals surface area contributed by atoms with Gasteiger partial charge in [0.15, 0.2) is 0 Å². The number of nitrogens with one attached hydrogen (secondary N) is 1. The van der Waals surface area contributed by atoms with Gasteiger partial charge in [0.05, 0.1) is 18.1 Å².